The van der Waals surface area contributed by atoms with Gasteiger partial charge in [-0.05, 0) is 22.3 Å². The van der Waals surface area contributed by atoms with Crippen molar-refractivity contribution in [3.05, 3.63) is 149 Å². The molecule has 4 aromatic carbocycles. The van der Waals surface area contributed by atoms with Gasteiger partial charge in [0.1, 0.15) is 0 Å². The number of allylic oxidation sites excluding steroid dienone is 1. The van der Waals surface area contributed by atoms with Crippen LogP contribution in [0.5, 0.6) is 0 Å². The first-order valence-electron chi connectivity index (χ1n) is 12.3. The molecule has 4 aromatic rings. The third-order valence-electron chi connectivity index (χ3n) is 6.90. The molecule has 0 spiro atoms. The zero-order chi connectivity index (χ0) is 24.7. The molecule has 36 heavy (non-hydrogen) atoms. The van der Waals surface area contributed by atoms with Crippen LogP contribution in [0.25, 0.3) is 5.70 Å². The minimum absolute atomic E-state index is 0.116. The van der Waals surface area contributed by atoms with Crippen molar-refractivity contribution < 1.29 is 4.79 Å². The molecule has 0 radical (unpaired) electrons. The van der Waals surface area contributed by atoms with Gasteiger partial charge in [0, 0.05) is 30.3 Å². The summed E-state index contributed by atoms with van der Waals surface area (Å²) in [5.41, 5.74) is 6.10. The molecule has 1 aliphatic heterocycles. The van der Waals surface area contributed by atoms with E-state index in [-0.39, 0.29) is 24.0 Å². The van der Waals surface area contributed by atoms with Crippen molar-refractivity contribution in [3.63, 3.8) is 0 Å². The van der Waals surface area contributed by atoms with E-state index in [9.17, 15) is 10.1 Å². The Kier molecular flexibility index (Phi) is 7.05. The molecule has 1 heterocycles. The monoisotopic (exact) mass is 468 g/mol. The molecule has 0 bridgehead atoms. The van der Waals surface area contributed by atoms with E-state index < -0.39 is 0 Å². The van der Waals surface area contributed by atoms with Gasteiger partial charge in [-0.15, -0.1) is 0 Å². The van der Waals surface area contributed by atoms with E-state index in [4.69, 9.17) is 0 Å². The van der Waals surface area contributed by atoms with Crippen LogP contribution in [-0.4, -0.2) is 17.2 Å². The zero-order valence-electron chi connectivity index (χ0n) is 20.1. The van der Waals surface area contributed by atoms with E-state index in [0.29, 0.717) is 18.7 Å². The number of carbonyl (C=O) groups is 1. The number of benzene rings is 4. The van der Waals surface area contributed by atoms with E-state index in [1.807, 2.05) is 84.9 Å². The predicted molar refractivity (Wildman–Crippen MR) is 144 cm³/mol. The summed E-state index contributed by atoms with van der Waals surface area (Å²) in [6.07, 6.45) is 0.258. The summed E-state index contributed by atoms with van der Waals surface area (Å²) >= 11 is 0. The maximum absolute atomic E-state index is 14.0. The van der Waals surface area contributed by atoms with E-state index in [1.54, 1.807) is 0 Å². The van der Waals surface area contributed by atoms with Crippen molar-refractivity contribution in [1.29, 1.82) is 5.26 Å². The molecule has 0 saturated heterocycles. The van der Waals surface area contributed by atoms with Crippen LogP contribution < -0.4 is 0 Å². The first kappa shape index (κ1) is 23.3. The van der Waals surface area contributed by atoms with Crippen molar-refractivity contribution in [3.8, 4) is 6.07 Å². The van der Waals surface area contributed by atoms with Crippen LogP contribution in [0.2, 0.25) is 0 Å². The second-order valence-electron chi connectivity index (χ2n) is 9.17. The molecule has 0 aliphatic carbocycles. The Bertz CT molecular complexity index is 1370. The number of nitriles is 1. The SMILES string of the molecule is N#CCC1=C(c2ccccc2)N(Cc2ccccc2)C[C@H](C(=O)c2ccccc2)[C@@H]1c1ccccc1. The van der Waals surface area contributed by atoms with Gasteiger partial charge >= 0.3 is 0 Å². The minimum atomic E-state index is -0.311. The molecule has 0 unspecified atom stereocenters. The maximum atomic E-state index is 14.0. The molecule has 5 rings (SSSR count). The maximum Gasteiger partial charge on any atom is 0.168 e. The predicted octanol–water partition coefficient (Wildman–Crippen LogP) is 7.11. The standard InChI is InChI=1S/C33H28N2O/c34-22-21-29-31(26-15-7-2-8-16-26)30(33(36)28-19-11-4-12-20-28)24-35(23-25-13-5-1-6-14-25)32(29)27-17-9-3-10-18-27/h1-20,30-31H,21,23-24H2/t30-,31+/m0/s1. The highest BCUT2D eigenvalue weighted by atomic mass is 16.1. The fourth-order valence-corrected chi connectivity index (χ4v) is 5.36. The molecule has 176 valence electrons. The molecule has 1 aliphatic rings. The summed E-state index contributed by atoms with van der Waals surface area (Å²) in [4.78, 5) is 16.4. The molecule has 3 heteroatoms. The molecule has 0 fully saturated rings. The third-order valence-corrected chi connectivity index (χ3v) is 6.90. The smallest absolute Gasteiger partial charge is 0.168 e. The van der Waals surface area contributed by atoms with Gasteiger partial charge in [0.25, 0.3) is 0 Å². The van der Waals surface area contributed by atoms with Crippen molar-refractivity contribution in [2.45, 2.75) is 18.9 Å². The third kappa shape index (κ3) is 4.85. The Hall–Kier alpha value is -4.42. The summed E-state index contributed by atoms with van der Waals surface area (Å²) in [6.45, 7) is 1.24. The molecule has 0 N–H and O–H groups in total. The highest BCUT2D eigenvalue weighted by Crippen LogP contribution is 2.46. The normalized spacial score (nSPS) is 17.5. The fraction of sp³-hybridized carbons (Fsp3) is 0.152. The molecule has 0 aromatic heterocycles. The van der Waals surface area contributed by atoms with Crippen molar-refractivity contribution in [1.82, 2.24) is 4.90 Å². The van der Waals surface area contributed by atoms with Crippen LogP contribution in [0.4, 0.5) is 0 Å². The Balaban J connectivity index is 1.72. The minimum Gasteiger partial charge on any atom is -0.366 e. The van der Waals surface area contributed by atoms with Crippen LogP contribution in [0.3, 0.4) is 0 Å². The van der Waals surface area contributed by atoms with Crippen molar-refractivity contribution in [2.75, 3.05) is 6.54 Å². The number of rotatable bonds is 7. The number of carbonyl (C=O) groups excluding carboxylic acids is 1. The molecular weight excluding hydrogens is 440 g/mol. The Morgan fingerprint density at radius 3 is 1.94 bits per heavy atom. The number of hydrogen-bond donors (Lipinski definition) is 0. The summed E-state index contributed by atoms with van der Waals surface area (Å²) < 4.78 is 0. The molecule has 0 saturated carbocycles. The lowest BCUT2D eigenvalue weighted by Crippen LogP contribution is -2.41. The highest BCUT2D eigenvalue weighted by molar-refractivity contribution is 5.99. The molecule has 0 amide bonds. The average Bonchev–Trinajstić information content (AvgIpc) is 2.94. The number of nitrogens with zero attached hydrogens (tertiary/aromatic N) is 2. The van der Waals surface area contributed by atoms with E-state index >= 15 is 0 Å². The number of Topliss-reactive ketones (excluding diaryl/α,β-unsaturated/α-hetero) is 1. The van der Waals surface area contributed by atoms with Gasteiger partial charge in [-0.3, -0.25) is 4.79 Å². The van der Waals surface area contributed by atoms with Gasteiger partial charge in [-0.2, -0.15) is 5.26 Å². The second-order valence-corrected chi connectivity index (χ2v) is 9.17. The quantitative estimate of drug-likeness (QED) is 0.272. The molecule has 3 nitrogen and oxygen atoms in total. The van der Waals surface area contributed by atoms with Gasteiger partial charge in [-0.25, -0.2) is 0 Å². The van der Waals surface area contributed by atoms with Gasteiger partial charge < -0.3 is 4.90 Å². The summed E-state index contributed by atoms with van der Waals surface area (Å²) in [7, 11) is 0. The van der Waals surface area contributed by atoms with Crippen LogP contribution >= 0.6 is 0 Å². The van der Waals surface area contributed by atoms with Crippen molar-refractivity contribution in [2.24, 2.45) is 5.92 Å². The van der Waals surface area contributed by atoms with Gasteiger partial charge in [0.15, 0.2) is 5.78 Å². The van der Waals surface area contributed by atoms with E-state index in [2.05, 4.69) is 47.4 Å². The van der Waals surface area contributed by atoms with E-state index in [0.717, 1.165) is 22.4 Å². The van der Waals surface area contributed by atoms with Crippen LogP contribution in [0.1, 0.15) is 39.4 Å². The largest absolute Gasteiger partial charge is 0.366 e. The van der Waals surface area contributed by atoms with Crippen molar-refractivity contribution >= 4 is 11.5 Å². The van der Waals surface area contributed by atoms with Gasteiger partial charge in [0.2, 0.25) is 0 Å². The fourth-order valence-electron chi connectivity index (χ4n) is 5.36. The van der Waals surface area contributed by atoms with Crippen LogP contribution in [0, 0.1) is 17.2 Å². The lowest BCUT2D eigenvalue weighted by molar-refractivity contribution is 0.0871. The topological polar surface area (TPSA) is 44.1 Å². The second kappa shape index (κ2) is 10.9. The first-order chi connectivity index (χ1) is 17.8. The highest BCUT2D eigenvalue weighted by Gasteiger charge is 2.40. The zero-order valence-corrected chi connectivity index (χ0v) is 20.1. The number of ketones is 1. The summed E-state index contributed by atoms with van der Waals surface area (Å²) in [6, 6.07) is 42.8. The average molecular weight is 469 g/mol. The van der Waals surface area contributed by atoms with Crippen LogP contribution in [-0.2, 0) is 6.54 Å². The first-order valence-corrected chi connectivity index (χ1v) is 12.3. The van der Waals surface area contributed by atoms with Gasteiger partial charge in [-0.1, -0.05) is 121 Å². The summed E-state index contributed by atoms with van der Waals surface area (Å²) in [5.74, 6) is -0.375. The Morgan fingerprint density at radius 2 is 1.33 bits per heavy atom. The lowest BCUT2D eigenvalue weighted by Gasteiger charge is -2.43. The van der Waals surface area contributed by atoms with Gasteiger partial charge in [0.05, 0.1) is 18.4 Å². The molecular formula is C33H28N2O. The number of hydrogen-bond acceptors (Lipinski definition) is 3. The van der Waals surface area contributed by atoms with Crippen LogP contribution in [0.15, 0.2) is 127 Å². The Morgan fingerprint density at radius 1 is 0.778 bits per heavy atom. The molecule has 2 atom stereocenters. The Labute approximate surface area is 213 Å². The summed E-state index contributed by atoms with van der Waals surface area (Å²) in [5, 5.41) is 9.98. The lowest BCUT2D eigenvalue weighted by atomic mass is 9.72. The van der Waals surface area contributed by atoms with E-state index in [1.165, 1.54) is 5.56 Å².